The first-order chi connectivity index (χ1) is 9.31. The van der Waals surface area contributed by atoms with Crippen molar-refractivity contribution in [2.24, 2.45) is 9.98 Å². The Bertz CT molecular complexity index is 531. The predicted molar refractivity (Wildman–Crippen MR) is 75.2 cm³/mol. The summed E-state index contributed by atoms with van der Waals surface area (Å²) < 4.78 is 10.1. The molecule has 0 aliphatic carbocycles. The molecule has 0 atom stereocenters. The van der Waals surface area contributed by atoms with Crippen LogP contribution in [0.5, 0.6) is 11.5 Å². The average Bonchev–Trinajstić information content (AvgIpc) is 2.49. The standard InChI is InChI=1S/C15H14N2O2/c1-18-14-7-3-12(4-8-14)16-11-17-13-5-9-15(19-2)10-6-13/h3-10H,1-2H3. The first-order valence-electron chi connectivity index (χ1n) is 5.76. The molecule has 96 valence electrons. The van der Waals surface area contributed by atoms with Crippen LogP contribution in [0, 0.1) is 0 Å². The molecule has 0 unspecified atom stereocenters. The van der Waals surface area contributed by atoms with Crippen molar-refractivity contribution >= 4 is 17.4 Å². The van der Waals surface area contributed by atoms with E-state index in [1.807, 2.05) is 48.5 Å². The van der Waals surface area contributed by atoms with Crippen LogP contribution >= 0.6 is 0 Å². The van der Waals surface area contributed by atoms with E-state index < -0.39 is 0 Å². The Balaban J connectivity index is 2.09. The summed E-state index contributed by atoms with van der Waals surface area (Å²) in [5, 5.41) is 0. The minimum absolute atomic E-state index is 0.776. The summed E-state index contributed by atoms with van der Waals surface area (Å²) in [6, 6.07) is 17.4. The summed E-state index contributed by atoms with van der Waals surface area (Å²) in [4.78, 5) is 8.23. The SMILES string of the molecule is COc1ccc(N=C=Nc2ccc(OC)cc2)cc1. The van der Waals surface area contributed by atoms with Gasteiger partial charge in [0.1, 0.15) is 17.5 Å². The lowest BCUT2D eigenvalue weighted by atomic mass is 10.3. The smallest absolute Gasteiger partial charge is 0.119 e. The second-order valence-corrected chi connectivity index (χ2v) is 3.72. The van der Waals surface area contributed by atoms with E-state index in [1.54, 1.807) is 14.2 Å². The number of benzene rings is 2. The molecular formula is C15H14N2O2. The van der Waals surface area contributed by atoms with Crippen molar-refractivity contribution in [2.45, 2.75) is 0 Å². The van der Waals surface area contributed by atoms with Crippen LogP contribution in [0.3, 0.4) is 0 Å². The van der Waals surface area contributed by atoms with Crippen molar-refractivity contribution in [3.8, 4) is 11.5 Å². The molecule has 2 rings (SSSR count). The minimum Gasteiger partial charge on any atom is -0.497 e. The van der Waals surface area contributed by atoms with Crippen molar-refractivity contribution < 1.29 is 9.47 Å². The first kappa shape index (κ1) is 12.9. The lowest BCUT2D eigenvalue weighted by Gasteiger charge is -1.98. The third kappa shape index (κ3) is 3.69. The van der Waals surface area contributed by atoms with Crippen LogP contribution in [0.2, 0.25) is 0 Å². The molecule has 0 fully saturated rings. The Kier molecular flexibility index (Phi) is 4.32. The molecule has 2 aromatic carbocycles. The van der Waals surface area contributed by atoms with Gasteiger partial charge < -0.3 is 9.47 Å². The second kappa shape index (κ2) is 6.38. The molecule has 0 heterocycles. The number of hydrogen-bond acceptors (Lipinski definition) is 4. The summed E-state index contributed by atoms with van der Waals surface area (Å²) >= 11 is 0. The van der Waals surface area contributed by atoms with Crippen LogP contribution in [0.4, 0.5) is 11.4 Å². The maximum absolute atomic E-state index is 5.07. The fourth-order valence-corrected chi connectivity index (χ4v) is 1.45. The summed E-state index contributed by atoms with van der Waals surface area (Å²) in [7, 11) is 3.26. The zero-order chi connectivity index (χ0) is 13.5. The Labute approximate surface area is 112 Å². The van der Waals surface area contributed by atoms with Crippen molar-refractivity contribution in [2.75, 3.05) is 14.2 Å². The Morgan fingerprint density at radius 3 is 1.37 bits per heavy atom. The quantitative estimate of drug-likeness (QED) is 0.778. The fourth-order valence-electron chi connectivity index (χ4n) is 1.45. The zero-order valence-corrected chi connectivity index (χ0v) is 10.8. The number of nitrogens with zero attached hydrogens (tertiary/aromatic N) is 2. The van der Waals surface area contributed by atoms with Gasteiger partial charge in [-0.2, -0.15) is 9.98 Å². The summed E-state index contributed by atoms with van der Waals surface area (Å²) in [6.07, 6.45) is 0. The highest BCUT2D eigenvalue weighted by Crippen LogP contribution is 2.18. The molecule has 0 saturated heterocycles. The average molecular weight is 254 g/mol. The van der Waals surface area contributed by atoms with Gasteiger partial charge in [0.15, 0.2) is 0 Å². The molecule has 0 saturated carbocycles. The largest absolute Gasteiger partial charge is 0.497 e. The Morgan fingerprint density at radius 1 is 0.684 bits per heavy atom. The van der Waals surface area contributed by atoms with Gasteiger partial charge in [0, 0.05) is 0 Å². The minimum atomic E-state index is 0.776. The Morgan fingerprint density at radius 2 is 1.05 bits per heavy atom. The van der Waals surface area contributed by atoms with Crippen molar-refractivity contribution in [3.63, 3.8) is 0 Å². The number of hydrogen-bond donors (Lipinski definition) is 0. The van der Waals surface area contributed by atoms with Crippen LogP contribution in [-0.4, -0.2) is 20.2 Å². The molecular weight excluding hydrogens is 240 g/mol. The van der Waals surface area contributed by atoms with E-state index in [4.69, 9.17) is 9.47 Å². The number of rotatable bonds is 4. The molecule has 2 aromatic rings. The number of methoxy groups -OCH3 is 2. The van der Waals surface area contributed by atoms with Gasteiger partial charge in [0.05, 0.1) is 25.6 Å². The van der Waals surface area contributed by atoms with E-state index in [1.165, 1.54) is 0 Å². The molecule has 19 heavy (non-hydrogen) atoms. The summed E-state index contributed by atoms with van der Waals surface area (Å²) in [5.41, 5.74) is 1.55. The molecule has 0 N–H and O–H groups in total. The molecule has 0 aromatic heterocycles. The van der Waals surface area contributed by atoms with Gasteiger partial charge in [-0.25, -0.2) is 0 Å². The van der Waals surface area contributed by atoms with E-state index in [9.17, 15) is 0 Å². The van der Waals surface area contributed by atoms with E-state index in [2.05, 4.69) is 16.0 Å². The molecule has 4 heteroatoms. The van der Waals surface area contributed by atoms with Gasteiger partial charge in [-0.05, 0) is 48.5 Å². The van der Waals surface area contributed by atoms with Gasteiger partial charge >= 0.3 is 0 Å². The second-order valence-electron chi connectivity index (χ2n) is 3.72. The maximum atomic E-state index is 5.07. The van der Waals surface area contributed by atoms with Crippen LogP contribution in [0.1, 0.15) is 0 Å². The number of aliphatic imine (C=N–C) groups is 2. The molecule has 0 spiro atoms. The van der Waals surface area contributed by atoms with Gasteiger partial charge in [-0.1, -0.05) is 0 Å². The summed E-state index contributed by atoms with van der Waals surface area (Å²) in [6.45, 7) is 0. The molecule has 4 nitrogen and oxygen atoms in total. The van der Waals surface area contributed by atoms with Crippen LogP contribution < -0.4 is 9.47 Å². The fraction of sp³-hybridized carbons (Fsp3) is 0.133. The molecule has 0 aliphatic rings. The lowest BCUT2D eigenvalue weighted by Crippen LogP contribution is -1.79. The molecule has 0 bridgehead atoms. The highest BCUT2D eigenvalue weighted by Gasteiger charge is 1.91. The van der Waals surface area contributed by atoms with E-state index >= 15 is 0 Å². The summed E-state index contributed by atoms with van der Waals surface area (Å²) in [5.74, 6) is 1.59. The maximum Gasteiger partial charge on any atom is 0.119 e. The van der Waals surface area contributed by atoms with Crippen LogP contribution in [0.25, 0.3) is 0 Å². The highest BCUT2D eigenvalue weighted by atomic mass is 16.5. The lowest BCUT2D eigenvalue weighted by molar-refractivity contribution is 0.415. The third-order valence-electron chi connectivity index (χ3n) is 2.50. The van der Waals surface area contributed by atoms with Crippen molar-refractivity contribution in [1.29, 1.82) is 0 Å². The third-order valence-corrected chi connectivity index (χ3v) is 2.50. The molecule has 0 radical (unpaired) electrons. The zero-order valence-electron chi connectivity index (χ0n) is 10.8. The van der Waals surface area contributed by atoms with Crippen molar-refractivity contribution in [1.82, 2.24) is 0 Å². The van der Waals surface area contributed by atoms with Gasteiger partial charge in [-0.3, -0.25) is 0 Å². The van der Waals surface area contributed by atoms with Crippen molar-refractivity contribution in [3.05, 3.63) is 48.5 Å². The van der Waals surface area contributed by atoms with Gasteiger partial charge in [0.2, 0.25) is 0 Å². The first-order valence-corrected chi connectivity index (χ1v) is 5.76. The van der Waals surface area contributed by atoms with Gasteiger partial charge in [0.25, 0.3) is 0 Å². The number of ether oxygens (including phenoxy) is 2. The monoisotopic (exact) mass is 254 g/mol. The van der Waals surface area contributed by atoms with Crippen LogP contribution in [0.15, 0.2) is 58.5 Å². The normalized spacial score (nSPS) is 9.37. The van der Waals surface area contributed by atoms with Crippen LogP contribution in [-0.2, 0) is 0 Å². The topological polar surface area (TPSA) is 43.2 Å². The molecule has 0 aliphatic heterocycles. The Hall–Kier alpha value is -2.58. The van der Waals surface area contributed by atoms with E-state index in [-0.39, 0.29) is 0 Å². The molecule has 0 amide bonds. The van der Waals surface area contributed by atoms with Gasteiger partial charge in [-0.15, -0.1) is 0 Å². The highest BCUT2D eigenvalue weighted by molar-refractivity contribution is 5.58. The van der Waals surface area contributed by atoms with E-state index in [0.29, 0.717) is 0 Å². The van der Waals surface area contributed by atoms with E-state index in [0.717, 1.165) is 22.9 Å². The predicted octanol–water partition coefficient (Wildman–Crippen LogP) is 3.84.